The first-order valence-electron chi connectivity index (χ1n) is 8.59. The topological polar surface area (TPSA) is 49.8 Å². The standard InChI is InChI=1S/C20H19FN2O3/c21-17-6-2-1-5-16(17)18-7-8-19(26-18)20(24)23-11-9-22(10-12-23)14-15-4-3-13-25-15/h1-8,13H,9-12,14H2. The Morgan fingerprint density at radius 2 is 1.81 bits per heavy atom. The van der Waals surface area contributed by atoms with Crippen molar-refractivity contribution >= 4 is 5.91 Å². The molecule has 5 nitrogen and oxygen atoms in total. The number of piperazine rings is 1. The number of hydrogen-bond acceptors (Lipinski definition) is 4. The van der Waals surface area contributed by atoms with E-state index in [2.05, 4.69) is 4.90 Å². The Balaban J connectivity index is 1.39. The summed E-state index contributed by atoms with van der Waals surface area (Å²) in [4.78, 5) is 16.7. The molecule has 4 rings (SSSR count). The van der Waals surface area contributed by atoms with E-state index in [1.54, 1.807) is 41.5 Å². The first-order valence-corrected chi connectivity index (χ1v) is 8.59. The fourth-order valence-corrected chi connectivity index (χ4v) is 3.15. The van der Waals surface area contributed by atoms with E-state index in [0.717, 1.165) is 25.4 Å². The predicted octanol–water partition coefficient (Wildman–Crippen LogP) is 3.64. The molecule has 3 heterocycles. The minimum absolute atomic E-state index is 0.162. The zero-order valence-corrected chi connectivity index (χ0v) is 14.2. The van der Waals surface area contributed by atoms with E-state index < -0.39 is 0 Å². The van der Waals surface area contributed by atoms with Gasteiger partial charge in [0.2, 0.25) is 0 Å². The van der Waals surface area contributed by atoms with Crippen molar-refractivity contribution in [3.8, 4) is 11.3 Å². The number of halogens is 1. The maximum Gasteiger partial charge on any atom is 0.289 e. The molecule has 1 fully saturated rings. The molecule has 1 amide bonds. The molecule has 0 N–H and O–H groups in total. The molecule has 3 aromatic rings. The van der Waals surface area contributed by atoms with E-state index in [1.165, 1.54) is 6.07 Å². The quantitative estimate of drug-likeness (QED) is 0.718. The van der Waals surface area contributed by atoms with Gasteiger partial charge in [-0.05, 0) is 36.4 Å². The lowest BCUT2D eigenvalue weighted by Gasteiger charge is -2.33. The third-order valence-corrected chi connectivity index (χ3v) is 4.58. The van der Waals surface area contributed by atoms with Crippen LogP contribution < -0.4 is 0 Å². The van der Waals surface area contributed by atoms with Crippen molar-refractivity contribution in [2.75, 3.05) is 26.2 Å². The molecule has 1 aliphatic heterocycles. The summed E-state index contributed by atoms with van der Waals surface area (Å²) in [5.41, 5.74) is 0.356. The fourth-order valence-electron chi connectivity index (χ4n) is 3.15. The van der Waals surface area contributed by atoms with E-state index in [9.17, 15) is 9.18 Å². The van der Waals surface area contributed by atoms with Crippen LogP contribution in [0, 0.1) is 5.82 Å². The van der Waals surface area contributed by atoms with Gasteiger partial charge in [-0.3, -0.25) is 9.69 Å². The van der Waals surface area contributed by atoms with Crippen molar-refractivity contribution in [2.45, 2.75) is 6.54 Å². The molecule has 0 radical (unpaired) electrons. The third kappa shape index (κ3) is 3.41. The van der Waals surface area contributed by atoms with Crippen LogP contribution in [-0.2, 0) is 6.54 Å². The van der Waals surface area contributed by atoms with Gasteiger partial charge in [-0.1, -0.05) is 12.1 Å². The third-order valence-electron chi connectivity index (χ3n) is 4.58. The van der Waals surface area contributed by atoms with Crippen LogP contribution in [-0.4, -0.2) is 41.9 Å². The number of hydrogen-bond donors (Lipinski definition) is 0. The Morgan fingerprint density at radius 1 is 1.00 bits per heavy atom. The van der Waals surface area contributed by atoms with Gasteiger partial charge in [0.1, 0.15) is 17.3 Å². The number of furan rings is 2. The summed E-state index contributed by atoms with van der Waals surface area (Å²) in [6.07, 6.45) is 1.67. The average molecular weight is 354 g/mol. The zero-order valence-electron chi connectivity index (χ0n) is 14.2. The molecule has 1 saturated heterocycles. The number of rotatable bonds is 4. The molecule has 2 aromatic heterocycles. The van der Waals surface area contributed by atoms with Gasteiger partial charge < -0.3 is 13.7 Å². The second-order valence-corrected chi connectivity index (χ2v) is 6.29. The normalized spacial score (nSPS) is 15.3. The van der Waals surface area contributed by atoms with Crippen molar-refractivity contribution in [2.24, 2.45) is 0 Å². The molecule has 0 aliphatic carbocycles. The number of carbonyl (C=O) groups excluding carboxylic acids is 1. The molecule has 6 heteroatoms. The highest BCUT2D eigenvalue weighted by Gasteiger charge is 2.25. The van der Waals surface area contributed by atoms with Crippen molar-refractivity contribution < 1.29 is 18.0 Å². The SMILES string of the molecule is O=C(c1ccc(-c2ccccc2F)o1)N1CCN(Cc2ccco2)CC1. The van der Waals surface area contributed by atoms with Crippen LogP contribution in [0.3, 0.4) is 0 Å². The zero-order chi connectivity index (χ0) is 17.9. The van der Waals surface area contributed by atoms with Crippen molar-refractivity contribution in [1.29, 1.82) is 0 Å². The molecular weight excluding hydrogens is 335 g/mol. The summed E-state index contributed by atoms with van der Waals surface area (Å²) in [5.74, 6) is 0.994. The fraction of sp³-hybridized carbons (Fsp3) is 0.250. The first-order chi connectivity index (χ1) is 12.7. The predicted molar refractivity (Wildman–Crippen MR) is 94.0 cm³/mol. The van der Waals surface area contributed by atoms with Gasteiger partial charge in [-0.15, -0.1) is 0 Å². The van der Waals surface area contributed by atoms with Crippen LogP contribution in [0.1, 0.15) is 16.3 Å². The van der Waals surface area contributed by atoms with E-state index in [0.29, 0.717) is 24.4 Å². The largest absolute Gasteiger partial charge is 0.468 e. The van der Waals surface area contributed by atoms with E-state index in [4.69, 9.17) is 8.83 Å². The smallest absolute Gasteiger partial charge is 0.289 e. The lowest BCUT2D eigenvalue weighted by molar-refractivity contribution is 0.0591. The van der Waals surface area contributed by atoms with Crippen molar-refractivity contribution in [3.05, 3.63) is 72.1 Å². The minimum Gasteiger partial charge on any atom is -0.468 e. The lowest BCUT2D eigenvalue weighted by atomic mass is 10.1. The minimum atomic E-state index is -0.368. The van der Waals surface area contributed by atoms with Crippen LogP contribution >= 0.6 is 0 Å². The summed E-state index contributed by atoms with van der Waals surface area (Å²) in [6.45, 7) is 3.53. The number of benzene rings is 1. The van der Waals surface area contributed by atoms with Crippen LogP contribution in [0.15, 0.2) is 63.6 Å². The molecule has 26 heavy (non-hydrogen) atoms. The Morgan fingerprint density at radius 3 is 2.54 bits per heavy atom. The molecule has 1 aliphatic rings. The summed E-state index contributed by atoms with van der Waals surface area (Å²) in [6, 6.07) is 13.4. The monoisotopic (exact) mass is 354 g/mol. The van der Waals surface area contributed by atoms with Crippen molar-refractivity contribution in [1.82, 2.24) is 9.80 Å². The highest BCUT2D eigenvalue weighted by atomic mass is 19.1. The average Bonchev–Trinajstić information content (AvgIpc) is 3.34. The highest BCUT2D eigenvalue weighted by molar-refractivity contribution is 5.92. The van der Waals surface area contributed by atoms with Gasteiger partial charge in [-0.25, -0.2) is 4.39 Å². The Labute approximate surface area is 150 Å². The Hall–Kier alpha value is -2.86. The molecule has 0 unspecified atom stereocenters. The van der Waals surface area contributed by atoms with Gasteiger partial charge in [0.25, 0.3) is 5.91 Å². The number of nitrogens with zero attached hydrogens (tertiary/aromatic N) is 2. The number of carbonyl (C=O) groups is 1. The van der Waals surface area contributed by atoms with Gasteiger partial charge in [0.05, 0.1) is 18.4 Å². The Bertz CT molecular complexity index is 880. The lowest BCUT2D eigenvalue weighted by Crippen LogP contribution is -2.48. The molecular formula is C20H19FN2O3. The van der Waals surface area contributed by atoms with Crippen molar-refractivity contribution in [3.63, 3.8) is 0 Å². The van der Waals surface area contributed by atoms with Crippen LogP contribution in [0.5, 0.6) is 0 Å². The van der Waals surface area contributed by atoms with Gasteiger partial charge in [0, 0.05) is 26.2 Å². The van der Waals surface area contributed by atoms with E-state index >= 15 is 0 Å². The van der Waals surface area contributed by atoms with Gasteiger partial charge >= 0.3 is 0 Å². The molecule has 0 saturated carbocycles. The Kier molecular flexibility index (Phi) is 4.58. The summed E-state index contributed by atoms with van der Waals surface area (Å²) in [5, 5.41) is 0. The first kappa shape index (κ1) is 16.6. The maximum atomic E-state index is 13.9. The van der Waals surface area contributed by atoms with Crippen LogP contribution in [0.4, 0.5) is 4.39 Å². The molecule has 0 bridgehead atoms. The number of amides is 1. The maximum absolute atomic E-state index is 13.9. The molecule has 134 valence electrons. The molecule has 0 spiro atoms. The van der Waals surface area contributed by atoms with Gasteiger partial charge in [0.15, 0.2) is 5.76 Å². The van der Waals surface area contributed by atoms with Gasteiger partial charge in [-0.2, -0.15) is 0 Å². The highest BCUT2D eigenvalue weighted by Crippen LogP contribution is 2.25. The van der Waals surface area contributed by atoms with E-state index in [1.807, 2.05) is 12.1 Å². The summed E-state index contributed by atoms with van der Waals surface area (Å²) >= 11 is 0. The van der Waals surface area contributed by atoms with Crippen LogP contribution in [0.2, 0.25) is 0 Å². The van der Waals surface area contributed by atoms with E-state index in [-0.39, 0.29) is 17.5 Å². The van der Waals surface area contributed by atoms with Crippen LogP contribution in [0.25, 0.3) is 11.3 Å². The molecule has 0 atom stereocenters. The summed E-state index contributed by atoms with van der Waals surface area (Å²) < 4.78 is 24.9. The second-order valence-electron chi connectivity index (χ2n) is 6.29. The molecule has 1 aromatic carbocycles. The summed E-state index contributed by atoms with van der Waals surface area (Å²) in [7, 11) is 0. The second kappa shape index (κ2) is 7.17.